The van der Waals surface area contributed by atoms with Gasteiger partial charge in [-0.15, -0.1) is 0 Å². The highest BCUT2D eigenvalue weighted by molar-refractivity contribution is 5.93. The van der Waals surface area contributed by atoms with Crippen LogP contribution < -0.4 is 5.32 Å². The molecule has 1 aromatic carbocycles. The van der Waals surface area contributed by atoms with Crippen molar-refractivity contribution < 1.29 is 9.53 Å². The Labute approximate surface area is 104 Å². The number of aromatic nitrogens is 2. The lowest BCUT2D eigenvalue weighted by atomic mass is 10.2. The largest absolute Gasteiger partial charge is 0.377 e. The Kier molecular flexibility index (Phi) is 2.82. The van der Waals surface area contributed by atoms with Crippen molar-refractivity contribution in [3.05, 3.63) is 48.5 Å². The molecule has 1 N–H and O–H groups in total. The van der Waals surface area contributed by atoms with Crippen molar-refractivity contribution in [1.82, 2.24) is 14.9 Å². The second-order valence-electron chi connectivity index (χ2n) is 4.19. The van der Waals surface area contributed by atoms with E-state index < -0.39 is 0 Å². The Morgan fingerprint density at radius 3 is 2.78 bits per heavy atom. The number of hydrogen-bond donors (Lipinski definition) is 1. The van der Waals surface area contributed by atoms with Crippen LogP contribution in [0.25, 0.3) is 5.69 Å². The van der Waals surface area contributed by atoms with Gasteiger partial charge < -0.3 is 10.1 Å². The maximum Gasteiger partial charge on any atom is 0.270 e. The molecule has 0 radical (unpaired) electrons. The van der Waals surface area contributed by atoms with E-state index in [4.69, 9.17) is 4.74 Å². The molecule has 18 heavy (non-hydrogen) atoms. The summed E-state index contributed by atoms with van der Waals surface area (Å²) in [6, 6.07) is 9.78. The average Bonchev–Trinajstić information content (AvgIpc) is 2.84. The topological polar surface area (TPSA) is 56.1 Å². The van der Waals surface area contributed by atoms with Crippen LogP contribution in [-0.4, -0.2) is 34.7 Å². The van der Waals surface area contributed by atoms with Crippen LogP contribution in [-0.2, 0) is 4.74 Å². The molecule has 1 fully saturated rings. The summed E-state index contributed by atoms with van der Waals surface area (Å²) >= 11 is 0. The number of nitrogens with one attached hydrogen (secondary N) is 1. The van der Waals surface area contributed by atoms with Gasteiger partial charge in [-0.3, -0.25) is 9.36 Å². The molecular formula is C13H13N3O2. The lowest BCUT2D eigenvalue weighted by Gasteiger charge is -2.26. The molecule has 0 atom stereocenters. The highest BCUT2D eigenvalue weighted by Crippen LogP contribution is 2.11. The second kappa shape index (κ2) is 4.62. The van der Waals surface area contributed by atoms with Gasteiger partial charge in [-0.2, -0.15) is 0 Å². The van der Waals surface area contributed by atoms with Crippen LogP contribution >= 0.6 is 0 Å². The predicted molar refractivity (Wildman–Crippen MR) is 65.6 cm³/mol. The van der Waals surface area contributed by atoms with E-state index in [1.165, 1.54) is 0 Å². The van der Waals surface area contributed by atoms with Gasteiger partial charge in [-0.25, -0.2) is 4.98 Å². The van der Waals surface area contributed by atoms with Gasteiger partial charge in [-0.05, 0) is 12.1 Å². The molecule has 0 spiro atoms. The first-order valence-electron chi connectivity index (χ1n) is 5.81. The number of imidazole rings is 1. The molecule has 3 rings (SSSR count). The van der Waals surface area contributed by atoms with Gasteiger partial charge in [0.15, 0.2) is 0 Å². The SMILES string of the molecule is O=C(NC1COC1)c1cncn1-c1ccccc1. The van der Waals surface area contributed by atoms with Gasteiger partial charge in [-0.1, -0.05) is 18.2 Å². The Bertz CT molecular complexity index is 546. The molecule has 0 bridgehead atoms. The summed E-state index contributed by atoms with van der Waals surface area (Å²) in [5.74, 6) is -0.121. The lowest BCUT2D eigenvalue weighted by molar-refractivity contribution is -0.00358. The number of benzene rings is 1. The van der Waals surface area contributed by atoms with Gasteiger partial charge in [0.1, 0.15) is 5.69 Å². The van der Waals surface area contributed by atoms with Crippen molar-refractivity contribution in [3.63, 3.8) is 0 Å². The maximum absolute atomic E-state index is 12.1. The van der Waals surface area contributed by atoms with Crippen LogP contribution in [0.3, 0.4) is 0 Å². The van der Waals surface area contributed by atoms with Gasteiger partial charge in [0.2, 0.25) is 0 Å². The molecule has 5 nitrogen and oxygen atoms in total. The molecule has 5 heteroatoms. The summed E-state index contributed by atoms with van der Waals surface area (Å²) in [6.45, 7) is 1.18. The van der Waals surface area contributed by atoms with Crippen molar-refractivity contribution >= 4 is 5.91 Å². The molecule has 1 aliphatic heterocycles. The molecule has 92 valence electrons. The molecule has 0 aliphatic carbocycles. The van der Waals surface area contributed by atoms with Crippen molar-refractivity contribution in [3.8, 4) is 5.69 Å². The quantitative estimate of drug-likeness (QED) is 0.875. The summed E-state index contributed by atoms with van der Waals surface area (Å²) in [5.41, 5.74) is 1.46. The normalized spacial score (nSPS) is 15.1. The van der Waals surface area contributed by atoms with Crippen LogP contribution in [0.2, 0.25) is 0 Å². The molecule has 0 unspecified atom stereocenters. The first kappa shape index (κ1) is 11.0. The minimum Gasteiger partial charge on any atom is -0.377 e. The summed E-state index contributed by atoms with van der Waals surface area (Å²) in [6.07, 6.45) is 3.21. The van der Waals surface area contributed by atoms with Gasteiger partial charge in [0.25, 0.3) is 5.91 Å². The van der Waals surface area contributed by atoms with Crippen molar-refractivity contribution in [2.45, 2.75) is 6.04 Å². The van der Waals surface area contributed by atoms with E-state index in [1.54, 1.807) is 17.1 Å². The van der Waals surface area contributed by atoms with E-state index in [1.807, 2.05) is 30.3 Å². The summed E-state index contributed by atoms with van der Waals surface area (Å²) in [5, 5.41) is 2.90. The highest BCUT2D eigenvalue weighted by atomic mass is 16.5. The van der Waals surface area contributed by atoms with Gasteiger partial charge >= 0.3 is 0 Å². The molecule has 2 aromatic rings. The van der Waals surface area contributed by atoms with E-state index in [0.29, 0.717) is 18.9 Å². The zero-order valence-electron chi connectivity index (χ0n) is 9.74. The molecule has 1 amide bonds. The minimum absolute atomic E-state index is 0.121. The average molecular weight is 243 g/mol. The predicted octanol–water partition coefficient (Wildman–Crippen LogP) is 1.00. The standard InChI is InChI=1S/C13H13N3O2/c17-13(15-10-7-18-8-10)12-6-14-9-16(12)11-4-2-1-3-5-11/h1-6,9-10H,7-8H2,(H,15,17). The molecule has 1 aromatic heterocycles. The van der Waals surface area contributed by atoms with Crippen molar-refractivity contribution in [2.75, 3.05) is 13.2 Å². The Balaban J connectivity index is 1.84. The highest BCUT2D eigenvalue weighted by Gasteiger charge is 2.22. The smallest absolute Gasteiger partial charge is 0.270 e. The number of ether oxygens (including phenoxy) is 1. The number of hydrogen-bond acceptors (Lipinski definition) is 3. The number of carbonyl (C=O) groups excluding carboxylic acids is 1. The molecule has 0 saturated carbocycles. The molecule has 1 saturated heterocycles. The van der Waals surface area contributed by atoms with Crippen LogP contribution in [0.4, 0.5) is 0 Å². The monoisotopic (exact) mass is 243 g/mol. The number of nitrogens with zero attached hydrogens (tertiary/aromatic N) is 2. The molecule has 1 aliphatic rings. The van der Waals surface area contributed by atoms with E-state index >= 15 is 0 Å². The zero-order chi connectivity index (χ0) is 12.4. The maximum atomic E-state index is 12.1. The summed E-state index contributed by atoms with van der Waals surface area (Å²) in [4.78, 5) is 16.1. The van der Waals surface area contributed by atoms with E-state index in [9.17, 15) is 4.79 Å². The molecule has 2 heterocycles. The second-order valence-corrected chi connectivity index (χ2v) is 4.19. The zero-order valence-corrected chi connectivity index (χ0v) is 9.74. The molecular weight excluding hydrogens is 230 g/mol. The number of rotatable bonds is 3. The van der Waals surface area contributed by atoms with E-state index in [0.717, 1.165) is 5.69 Å². The van der Waals surface area contributed by atoms with Crippen molar-refractivity contribution in [1.29, 1.82) is 0 Å². The lowest BCUT2D eigenvalue weighted by Crippen LogP contribution is -2.48. The van der Waals surface area contributed by atoms with Crippen LogP contribution in [0.15, 0.2) is 42.9 Å². The third-order valence-corrected chi connectivity index (χ3v) is 2.88. The Hall–Kier alpha value is -2.14. The van der Waals surface area contributed by atoms with Gasteiger partial charge in [0, 0.05) is 5.69 Å². The number of amides is 1. The fraction of sp³-hybridized carbons (Fsp3) is 0.231. The van der Waals surface area contributed by atoms with E-state index in [2.05, 4.69) is 10.3 Å². The summed E-state index contributed by atoms with van der Waals surface area (Å²) < 4.78 is 6.80. The fourth-order valence-corrected chi connectivity index (χ4v) is 1.84. The van der Waals surface area contributed by atoms with Crippen molar-refractivity contribution in [2.24, 2.45) is 0 Å². The number of carbonyl (C=O) groups is 1. The van der Waals surface area contributed by atoms with E-state index in [-0.39, 0.29) is 11.9 Å². The van der Waals surface area contributed by atoms with Crippen LogP contribution in [0.1, 0.15) is 10.5 Å². The first-order valence-corrected chi connectivity index (χ1v) is 5.81. The minimum atomic E-state index is -0.121. The number of para-hydroxylation sites is 1. The third kappa shape index (κ3) is 2.00. The summed E-state index contributed by atoms with van der Waals surface area (Å²) in [7, 11) is 0. The van der Waals surface area contributed by atoms with Crippen LogP contribution in [0.5, 0.6) is 0 Å². The Morgan fingerprint density at radius 2 is 2.11 bits per heavy atom. The first-order chi connectivity index (χ1) is 8.84. The van der Waals surface area contributed by atoms with Crippen LogP contribution in [0, 0.1) is 0 Å². The fourth-order valence-electron chi connectivity index (χ4n) is 1.84. The third-order valence-electron chi connectivity index (χ3n) is 2.88. The van der Waals surface area contributed by atoms with Gasteiger partial charge in [0.05, 0.1) is 31.8 Å². The Morgan fingerprint density at radius 1 is 1.33 bits per heavy atom.